The second-order valence-electron chi connectivity index (χ2n) is 6.06. The summed E-state index contributed by atoms with van der Waals surface area (Å²) in [7, 11) is 0. The minimum Gasteiger partial charge on any atom is -0.322 e. The van der Waals surface area contributed by atoms with Crippen molar-refractivity contribution in [3.63, 3.8) is 0 Å². The van der Waals surface area contributed by atoms with Crippen LogP contribution < -0.4 is 16.0 Å². The number of amides is 3. The minimum atomic E-state index is -4.54. The molecule has 0 aliphatic carbocycles. The van der Waals surface area contributed by atoms with Crippen LogP contribution in [0.1, 0.15) is 15.9 Å². The number of carbonyl (C=O) groups excluding carboxylic acids is 2. The first kappa shape index (κ1) is 19.9. The Morgan fingerprint density at radius 2 is 1.24 bits per heavy atom. The standard InChI is InChI=1S/C21H16F3N3O2/c22-21(23,24)15-7-4-6-14(12-15)19(28)25-17-10-5-11-18(13-17)27-20(29)26-16-8-2-1-3-9-16/h1-13H,(H,25,28)(H2,26,27,29). The van der Waals surface area contributed by atoms with Crippen molar-refractivity contribution in [2.24, 2.45) is 0 Å². The van der Waals surface area contributed by atoms with E-state index >= 15 is 0 Å². The van der Waals surface area contributed by atoms with Crippen LogP contribution in [0.5, 0.6) is 0 Å². The topological polar surface area (TPSA) is 70.2 Å². The molecule has 29 heavy (non-hydrogen) atoms. The second kappa shape index (κ2) is 8.47. The van der Waals surface area contributed by atoms with E-state index in [1.807, 2.05) is 6.07 Å². The SMILES string of the molecule is O=C(Nc1ccccc1)Nc1cccc(NC(=O)c2cccc(C(F)(F)F)c2)c1. The summed E-state index contributed by atoms with van der Waals surface area (Å²) in [5, 5.41) is 7.80. The Bertz CT molecular complexity index is 1020. The average molecular weight is 399 g/mol. The zero-order chi connectivity index (χ0) is 20.9. The molecule has 3 N–H and O–H groups in total. The first-order valence-electron chi connectivity index (χ1n) is 8.53. The first-order chi connectivity index (χ1) is 13.8. The summed E-state index contributed by atoms with van der Waals surface area (Å²) in [6, 6.07) is 18.8. The molecule has 0 bridgehead atoms. The van der Waals surface area contributed by atoms with Crippen LogP contribution in [0.4, 0.5) is 35.0 Å². The Balaban J connectivity index is 1.67. The molecule has 8 heteroatoms. The maximum atomic E-state index is 12.8. The van der Waals surface area contributed by atoms with E-state index in [2.05, 4.69) is 16.0 Å². The van der Waals surface area contributed by atoms with Crippen molar-refractivity contribution in [2.45, 2.75) is 6.18 Å². The lowest BCUT2D eigenvalue weighted by Gasteiger charge is -2.11. The van der Waals surface area contributed by atoms with E-state index < -0.39 is 23.7 Å². The number of hydrogen-bond donors (Lipinski definition) is 3. The zero-order valence-electron chi connectivity index (χ0n) is 15.0. The van der Waals surface area contributed by atoms with E-state index in [1.165, 1.54) is 18.2 Å². The summed E-state index contributed by atoms with van der Waals surface area (Å²) in [4.78, 5) is 24.3. The van der Waals surface area contributed by atoms with Crippen molar-refractivity contribution >= 4 is 29.0 Å². The summed E-state index contributed by atoms with van der Waals surface area (Å²) in [5.74, 6) is -0.693. The Labute approximate surface area is 164 Å². The van der Waals surface area contributed by atoms with Crippen molar-refractivity contribution in [1.82, 2.24) is 0 Å². The van der Waals surface area contributed by atoms with Crippen LogP contribution in [0.25, 0.3) is 0 Å². The number of urea groups is 1. The smallest absolute Gasteiger partial charge is 0.322 e. The van der Waals surface area contributed by atoms with E-state index in [4.69, 9.17) is 0 Å². The molecule has 0 atom stereocenters. The fourth-order valence-corrected chi connectivity index (χ4v) is 2.53. The predicted molar refractivity (Wildman–Crippen MR) is 105 cm³/mol. The van der Waals surface area contributed by atoms with Gasteiger partial charge in [-0.25, -0.2) is 4.79 Å². The molecule has 0 radical (unpaired) electrons. The van der Waals surface area contributed by atoms with E-state index in [1.54, 1.807) is 42.5 Å². The summed E-state index contributed by atoms with van der Waals surface area (Å²) >= 11 is 0. The fourth-order valence-electron chi connectivity index (χ4n) is 2.53. The largest absolute Gasteiger partial charge is 0.416 e. The third kappa shape index (κ3) is 5.58. The van der Waals surface area contributed by atoms with Crippen LogP contribution in [-0.4, -0.2) is 11.9 Å². The van der Waals surface area contributed by atoms with Crippen LogP contribution in [0.3, 0.4) is 0 Å². The molecule has 0 aliphatic heterocycles. The lowest BCUT2D eigenvalue weighted by Crippen LogP contribution is -2.19. The lowest BCUT2D eigenvalue weighted by molar-refractivity contribution is -0.137. The Morgan fingerprint density at radius 1 is 0.655 bits per heavy atom. The number of anilines is 3. The third-order valence-electron chi connectivity index (χ3n) is 3.86. The fraction of sp³-hybridized carbons (Fsp3) is 0.0476. The second-order valence-corrected chi connectivity index (χ2v) is 6.06. The number of benzene rings is 3. The zero-order valence-corrected chi connectivity index (χ0v) is 15.0. The maximum Gasteiger partial charge on any atom is 0.416 e. The van der Waals surface area contributed by atoms with Gasteiger partial charge in [0.2, 0.25) is 0 Å². The average Bonchev–Trinajstić information content (AvgIpc) is 2.68. The Hall–Kier alpha value is -3.81. The van der Waals surface area contributed by atoms with Crippen LogP contribution in [-0.2, 0) is 6.18 Å². The number of alkyl halides is 3. The highest BCUT2D eigenvalue weighted by atomic mass is 19.4. The van der Waals surface area contributed by atoms with Gasteiger partial charge in [0.15, 0.2) is 0 Å². The summed E-state index contributed by atoms with van der Waals surface area (Å²) in [6.07, 6.45) is -4.54. The minimum absolute atomic E-state index is 0.125. The van der Waals surface area contributed by atoms with Crippen molar-refractivity contribution in [2.75, 3.05) is 16.0 Å². The lowest BCUT2D eigenvalue weighted by atomic mass is 10.1. The molecule has 3 amide bonds. The molecule has 5 nitrogen and oxygen atoms in total. The van der Waals surface area contributed by atoms with Crippen LogP contribution in [0, 0.1) is 0 Å². The Morgan fingerprint density at radius 3 is 1.93 bits per heavy atom. The molecule has 0 heterocycles. The molecule has 3 aromatic carbocycles. The number of rotatable bonds is 4. The summed E-state index contributed by atoms with van der Waals surface area (Å²) < 4.78 is 38.4. The number of nitrogens with one attached hydrogen (secondary N) is 3. The molecule has 0 unspecified atom stereocenters. The van der Waals surface area contributed by atoms with Gasteiger partial charge in [-0.15, -0.1) is 0 Å². The third-order valence-corrected chi connectivity index (χ3v) is 3.86. The normalized spacial score (nSPS) is 10.9. The van der Waals surface area contributed by atoms with Crippen molar-refractivity contribution in [3.05, 3.63) is 90.0 Å². The number of carbonyl (C=O) groups is 2. The quantitative estimate of drug-likeness (QED) is 0.534. The van der Waals surface area contributed by atoms with Crippen molar-refractivity contribution < 1.29 is 22.8 Å². The highest BCUT2D eigenvalue weighted by Crippen LogP contribution is 2.29. The van der Waals surface area contributed by atoms with E-state index in [9.17, 15) is 22.8 Å². The molecule has 0 aliphatic rings. The van der Waals surface area contributed by atoms with Gasteiger partial charge in [-0.2, -0.15) is 13.2 Å². The first-order valence-corrected chi connectivity index (χ1v) is 8.53. The molecule has 3 rings (SSSR count). The van der Waals surface area contributed by atoms with Gasteiger partial charge < -0.3 is 16.0 Å². The van der Waals surface area contributed by atoms with Gasteiger partial charge in [0, 0.05) is 22.6 Å². The van der Waals surface area contributed by atoms with Gasteiger partial charge in [0.25, 0.3) is 5.91 Å². The molecule has 0 saturated heterocycles. The van der Waals surface area contributed by atoms with Crippen molar-refractivity contribution in [1.29, 1.82) is 0 Å². The van der Waals surface area contributed by atoms with Crippen LogP contribution >= 0.6 is 0 Å². The molecular weight excluding hydrogens is 383 g/mol. The molecule has 3 aromatic rings. The van der Waals surface area contributed by atoms with Gasteiger partial charge in [-0.1, -0.05) is 30.3 Å². The van der Waals surface area contributed by atoms with Gasteiger partial charge in [0.1, 0.15) is 0 Å². The molecule has 0 saturated carbocycles. The highest BCUT2D eigenvalue weighted by Gasteiger charge is 2.30. The number of hydrogen-bond acceptors (Lipinski definition) is 2. The molecular formula is C21H16F3N3O2. The van der Waals surface area contributed by atoms with Gasteiger partial charge in [0.05, 0.1) is 5.56 Å². The highest BCUT2D eigenvalue weighted by molar-refractivity contribution is 6.05. The monoisotopic (exact) mass is 399 g/mol. The van der Waals surface area contributed by atoms with E-state index in [0.29, 0.717) is 17.1 Å². The van der Waals surface area contributed by atoms with E-state index in [-0.39, 0.29) is 5.56 Å². The van der Waals surface area contributed by atoms with Crippen molar-refractivity contribution in [3.8, 4) is 0 Å². The molecule has 148 valence electrons. The molecule has 0 aromatic heterocycles. The maximum absolute atomic E-state index is 12.8. The van der Waals surface area contributed by atoms with Gasteiger partial charge in [-0.3, -0.25) is 4.79 Å². The van der Waals surface area contributed by atoms with Crippen LogP contribution in [0.2, 0.25) is 0 Å². The van der Waals surface area contributed by atoms with Crippen LogP contribution in [0.15, 0.2) is 78.9 Å². The van der Waals surface area contributed by atoms with Gasteiger partial charge in [-0.05, 0) is 48.5 Å². The number of para-hydroxylation sites is 1. The Kier molecular flexibility index (Phi) is 5.82. The molecule has 0 spiro atoms. The van der Waals surface area contributed by atoms with Gasteiger partial charge >= 0.3 is 12.2 Å². The summed E-state index contributed by atoms with van der Waals surface area (Å²) in [6.45, 7) is 0. The van der Waals surface area contributed by atoms with E-state index in [0.717, 1.165) is 12.1 Å². The summed E-state index contributed by atoms with van der Waals surface area (Å²) in [5.41, 5.74) is 0.308. The number of halogens is 3. The predicted octanol–water partition coefficient (Wildman–Crippen LogP) is 5.60. The molecule has 0 fully saturated rings.